The van der Waals surface area contributed by atoms with Crippen LogP contribution in [0.2, 0.25) is 0 Å². The molecule has 0 aliphatic carbocycles. The van der Waals surface area contributed by atoms with Gasteiger partial charge in [0.2, 0.25) is 5.91 Å². The predicted octanol–water partition coefficient (Wildman–Crippen LogP) is 1.77. The third-order valence-corrected chi connectivity index (χ3v) is 4.68. The summed E-state index contributed by atoms with van der Waals surface area (Å²) in [5, 5.41) is 0. The van der Waals surface area contributed by atoms with Gasteiger partial charge in [-0.25, -0.2) is 0 Å². The van der Waals surface area contributed by atoms with E-state index in [0.717, 1.165) is 32.7 Å². The van der Waals surface area contributed by atoms with Crippen LogP contribution in [0, 0.1) is 11.8 Å². The van der Waals surface area contributed by atoms with E-state index < -0.39 is 0 Å². The van der Waals surface area contributed by atoms with Gasteiger partial charge in [-0.1, -0.05) is 6.58 Å². The number of methoxy groups -OCH3 is 1. The smallest absolute Gasteiger partial charge is 0.248 e. The molecule has 2 rings (SSSR count). The molecule has 2 aliphatic heterocycles. The number of hydrogen-bond donors (Lipinski definition) is 0. The number of likely N-dealkylation sites (tertiary alicyclic amines) is 2. The molecule has 2 fully saturated rings. The van der Waals surface area contributed by atoms with E-state index in [1.54, 1.807) is 7.11 Å². The fourth-order valence-electron chi connectivity index (χ4n) is 3.49. The van der Waals surface area contributed by atoms with E-state index in [0.29, 0.717) is 17.4 Å². The Labute approximate surface area is 122 Å². The first kappa shape index (κ1) is 15.5. The summed E-state index contributed by atoms with van der Waals surface area (Å²) >= 11 is 0. The average molecular weight is 280 g/mol. The molecule has 0 saturated carbocycles. The van der Waals surface area contributed by atoms with Crippen LogP contribution >= 0.6 is 0 Å². The van der Waals surface area contributed by atoms with E-state index >= 15 is 0 Å². The number of nitrogens with zero attached hydrogens (tertiary/aromatic N) is 2. The van der Waals surface area contributed by atoms with Crippen LogP contribution in [0.4, 0.5) is 0 Å². The topological polar surface area (TPSA) is 32.8 Å². The number of ether oxygens (including phenoxy) is 1. The van der Waals surface area contributed by atoms with Gasteiger partial charge >= 0.3 is 0 Å². The number of carbonyl (C=O) groups is 1. The predicted molar refractivity (Wildman–Crippen MR) is 80.5 cm³/mol. The van der Waals surface area contributed by atoms with Crippen molar-refractivity contribution in [1.29, 1.82) is 0 Å². The van der Waals surface area contributed by atoms with Crippen molar-refractivity contribution in [3.8, 4) is 0 Å². The zero-order chi connectivity index (χ0) is 14.5. The maximum absolute atomic E-state index is 12.0. The van der Waals surface area contributed by atoms with E-state index in [1.807, 2.05) is 11.8 Å². The van der Waals surface area contributed by atoms with Crippen LogP contribution in [-0.4, -0.2) is 62.1 Å². The molecule has 0 aromatic heterocycles. The van der Waals surface area contributed by atoms with Gasteiger partial charge in [-0.15, -0.1) is 0 Å². The maximum atomic E-state index is 12.0. The highest BCUT2D eigenvalue weighted by atomic mass is 16.5. The molecule has 0 radical (unpaired) electrons. The zero-order valence-electron chi connectivity index (χ0n) is 12.9. The molecule has 0 spiro atoms. The van der Waals surface area contributed by atoms with Crippen molar-refractivity contribution in [2.45, 2.75) is 26.2 Å². The molecule has 0 aromatic carbocycles. The molecule has 4 nitrogen and oxygen atoms in total. The van der Waals surface area contributed by atoms with Crippen molar-refractivity contribution in [2.75, 3.05) is 46.4 Å². The van der Waals surface area contributed by atoms with Gasteiger partial charge in [0.05, 0.1) is 0 Å². The fraction of sp³-hybridized carbons (Fsp3) is 0.812. The van der Waals surface area contributed by atoms with Gasteiger partial charge in [-0.05, 0) is 51.1 Å². The Bertz CT molecular complexity index is 340. The molecule has 0 unspecified atom stereocenters. The van der Waals surface area contributed by atoms with Gasteiger partial charge in [0.25, 0.3) is 0 Å². The average Bonchev–Trinajstić information content (AvgIpc) is 2.74. The minimum Gasteiger partial charge on any atom is -0.385 e. The summed E-state index contributed by atoms with van der Waals surface area (Å²) in [7, 11) is 1.76. The molecule has 2 saturated heterocycles. The second-order valence-electron chi connectivity index (χ2n) is 6.28. The summed E-state index contributed by atoms with van der Waals surface area (Å²) in [6.07, 6.45) is 3.56. The van der Waals surface area contributed by atoms with E-state index in [2.05, 4.69) is 11.5 Å². The van der Waals surface area contributed by atoms with Gasteiger partial charge in [0, 0.05) is 38.9 Å². The van der Waals surface area contributed by atoms with Gasteiger partial charge in [0.15, 0.2) is 0 Å². The quantitative estimate of drug-likeness (QED) is 0.568. The molecule has 0 aromatic rings. The van der Waals surface area contributed by atoms with Gasteiger partial charge < -0.3 is 14.5 Å². The van der Waals surface area contributed by atoms with Crippen LogP contribution in [0.15, 0.2) is 12.2 Å². The Kier molecular flexibility index (Phi) is 5.61. The molecule has 1 amide bonds. The Balaban J connectivity index is 1.80. The van der Waals surface area contributed by atoms with E-state index in [1.165, 1.54) is 25.9 Å². The lowest BCUT2D eigenvalue weighted by Crippen LogP contribution is -2.31. The lowest BCUT2D eigenvalue weighted by atomic mass is 9.92. The zero-order valence-corrected chi connectivity index (χ0v) is 12.9. The number of rotatable bonds is 5. The SMILES string of the molecule is C=C(C)C(=O)N1C[C@H]2CCN(CCCOC)CC[C@H]2C1. The summed E-state index contributed by atoms with van der Waals surface area (Å²) in [5.74, 6) is 1.52. The van der Waals surface area contributed by atoms with Gasteiger partial charge in [-0.2, -0.15) is 0 Å². The minimum absolute atomic E-state index is 0.148. The van der Waals surface area contributed by atoms with Gasteiger partial charge in [-0.3, -0.25) is 4.79 Å². The fourth-order valence-corrected chi connectivity index (χ4v) is 3.49. The summed E-state index contributed by atoms with van der Waals surface area (Å²) < 4.78 is 5.12. The van der Waals surface area contributed by atoms with Crippen LogP contribution in [-0.2, 0) is 9.53 Å². The van der Waals surface area contributed by atoms with Gasteiger partial charge in [0.1, 0.15) is 0 Å². The van der Waals surface area contributed by atoms with E-state index in [9.17, 15) is 4.79 Å². The van der Waals surface area contributed by atoms with Crippen molar-refractivity contribution < 1.29 is 9.53 Å². The largest absolute Gasteiger partial charge is 0.385 e. The monoisotopic (exact) mass is 280 g/mol. The number of fused-ring (bicyclic) bond motifs is 1. The van der Waals surface area contributed by atoms with Crippen LogP contribution in [0.25, 0.3) is 0 Å². The van der Waals surface area contributed by atoms with Crippen molar-refractivity contribution in [2.24, 2.45) is 11.8 Å². The lowest BCUT2D eigenvalue weighted by Gasteiger charge is -2.21. The summed E-state index contributed by atoms with van der Waals surface area (Å²) in [5.41, 5.74) is 0.669. The first-order chi connectivity index (χ1) is 9.61. The van der Waals surface area contributed by atoms with Crippen molar-refractivity contribution in [3.63, 3.8) is 0 Å². The highest BCUT2D eigenvalue weighted by molar-refractivity contribution is 5.92. The standard InChI is InChI=1S/C16H28N2O2/c1-13(2)16(19)18-11-14-5-8-17(7-4-10-20-3)9-6-15(14)12-18/h14-15H,1,4-12H2,2-3H3/t14-,15+. The van der Waals surface area contributed by atoms with Crippen LogP contribution in [0.1, 0.15) is 26.2 Å². The summed E-state index contributed by atoms with van der Waals surface area (Å²) in [4.78, 5) is 16.6. The van der Waals surface area contributed by atoms with E-state index in [4.69, 9.17) is 4.74 Å². The molecule has 114 valence electrons. The summed E-state index contributed by atoms with van der Waals surface area (Å²) in [6.45, 7) is 11.8. The first-order valence-electron chi connectivity index (χ1n) is 7.78. The molecule has 20 heavy (non-hydrogen) atoms. The molecular formula is C16H28N2O2. The summed E-state index contributed by atoms with van der Waals surface area (Å²) in [6, 6.07) is 0. The third-order valence-electron chi connectivity index (χ3n) is 4.68. The van der Waals surface area contributed by atoms with E-state index in [-0.39, 0.29) is 5.91 Å². The molecule has 0 bridgehead atoms. The molecule has 2 atom stereocenters. The number of carbonyl (C=O) groups excluding carboxylic acids is 1. The Morgan fingerprint density at radius 2 is 1.85 bits per heavy atom. The highest BCUT2D eigenvalue weighted by Crippen LogP contribution is 2.32. The normalized spacial score (nSPS) is 27.2. The second-order valence-corrected chi connectivity index (χ2v) is 6.28. The Morgan fingerprint density at radius 1 is 1.25 bits per heavy atom. The first-order valence-corrected chi connectivity index (χ1v) is 7.78. The van der Waals surface area contributed by atoms with Crippen molar-refractivity contribution in [1.82, 2.24) is 9.80 Å². The number of hydrogen-bond acceptors (Lipinski definition) is 3. The number of amides is 1. The van der Waals surface area contributed by atoms with Crippen LogP contribution in [0.3, 0.4) is 0 Å². The molecule has 4 heteroatoms. The molecule has 2 heterocycles. The minimum atomic E-state index is 0.148. The van der Waals surface area contributed by atoms with Crippen LogP contribution < -0.4 is 0 Å². The lowest BCUT2D eigenvalue weighted by molar-refractivity contribution is -0.126. The highest BCUT2D eigenvalue weighted by Gasteiger charge is 2.36. The molecule has 0 N–H and O–H groups in total. The van der Waals surface area contributed by atoms with Crippen LogP contribution in [0.5, 0.6) is 0 Å². The Hall–Kier alpha value is -0.870. The van der Waals surface area contributed by atoms with Crippen molar-refractivity contribution >= 4 is 5.91 Å². The Morgan fingerprint density at radius 3 is 2.35 bits per heavy atom. The van der Waals surface area contributed by atoms with Crippen molar-refractivity contribution in [3.05, 3.63) is 12.2 Å². The third kappa shape index (κ3) is 3.83. The molecular weight excluding hydrogens is 252 g/mol. The maximum Gasteiger partial charge on any atom is 0.248 e. The second kappa shape index (κ2) is 7.23. The molecule has 2 aliphatic rings.